The predicted octanol–water partition coefficient (Wildman–Crippen LogP) is -0.227. The van der Waals surface area contributed by atoms with Gasteiger partial charge in [0.2, 0.25) is 5.91 Å². The van der Waals surface area contributed by atoms with Crippen LogP contribution in [0.3, 0.4) is 0 Å². The number of aliphatic hydroxyl groups excluding tert-OH is 1. The molecule has 0 aliphatic heterocycles. The van der Waals surface area contributed by atoms with Crippen molar-refractivity contribution in [2.45, 2.75) is 13.0 Å². The van der Waals surface area contributed by atoms with Crippen molar-refractivity contribution in [1.29, 1.82) is 0 Å². The molecule has 0 fully saturated rings. The summed E-state index contributed by atoms with van der Waals surface area (Å²) in [6, 6.07) is 2.80. The number of hydrogen-bond donors (Lipinski definition) is 3. The maximum Gasteiger partial charge on any atom is 0.254 e. The first-order valence-electron chi connectivity index (χ1n) is 5.45. The maximum atomic E-state index is 13.5. The average Bonchev–Trinajstić information content (AvgIpc) is 2.37. The van der Waals surface area contributed by atoms with Gasteiger partial charge in [-0.1, -0.05) is 11.8 Å². The van der Waals surface area contributed by atoms with Gasteiger partial charge in [0.25, 0.3) is 5.91 Å². The molecule has 0 heterocycles. The first-order valence-corrected chi connectivity index (χ1v) is 5.45. The number of aliphatic hydroxyl groups is 1. The summed E-state index contributed by atoms with van der Waals surface area (Å²) in [6.07, 6.45) is 0. The maximum absolute atomic E-state index is 13.5. The first-order chi connectivity index (χ1) is 8.95. The van der Waals surface area contributed by atoms with Crippen LogP contribution in [0.1, 0.15) is 22.8 Å². The van der Waals surface area contributed by atoms with Gasteiger partial charge in [-0.05, 0) is 25.1 Å². The Morgan fingerprint density at radius 3 is 2.79 bits per heavy atom. The van der Waals surface area contributed by atoms with Crippen LogP contribution in [0.5, 0.6) is 0 Å². The van der Waals surface area contributed by atoms with Crippen molar-refractivity contribution in [1.82, 2.24) is 5.32 Å². The molecule has 5 nitrogen and oxygen atoms in total. The smallest absolute Gasteiger partial charge is 0.254 e. The number of nitrogens with one attached hydrogen (secondary N) is 1. The topological polar surface area (TPSA) is 92.4 Å². The molecule has 100 valence electrons. The normalized spacial score (nSPS) is 11.1. The lowest BCUT2D eigenvalue weighted by Crippen LogP contribution is -2.42. The largest absolute Gasteiger partial charge is 0.384 e. The summed E-state index contributed by atoms with van der Waals surface area (Å²) < 4.78 is 13.5. The molecule has 2 amide bonds. The van der Waals surface area contributed by atoms with Crippen molar-refractivity contribution < 1.29 is 19.1 Å². The molecule has 0 saturated heterocycles. The van der Waals surface area contributed by atoms with Gasteiger partial charge in [-0.3, -0.25) is 9.59 Å². The molecule has 0 radical (unpaired) electrons. The standard InChI is InChI=1S/C13H13FN2O3/c1-8(12(15)18)16-13(19)10-7-9(3-2-6-17)4-5-11(10)14/h4-5,7-8,17H,6H2,1H3,(H2,15,18)(H,16,19). The van der Waals surface area contributed by atoms with Crippen LogP contribution in [0.2, 0.25) is 0 Å². The molecule has 0 aliphatic carbocycles. The minimum absolute atomic E-state index is 0.238. The van der Waals surface area contributed by atoms with Crippen LogP contribution in [0.25, 0.3) is 0 Å². The van der Waals surface area contributed by atoms with E-state index in [0.29, 0.717) is 5.56 Å². The van der Waals surface area contributed by atoms with Crippen LogP contribution in [0.15, 0.2) is 18.2 Å². The lowest BCUT2D eigenvalue weighted by atomic mass is 10.1. The number of halogens is 1. The molecule has 0 bridgehead atoms. The van der Waals surface area contributed by atoms with Gasteiger partial charge >= 0.3 is 0 Å². The van der Waals surface area contributed by atoms with Crippen LogP contribution in [0, 0.1) is 17.7 Å². The van der Waals surface area contributed by atoms with E-state index in [4.69, 9.17) is 10.8 Å². The first kappa shape index (κ1) is 14.7. The zero-order chi connectivity index (χ0) is 14.4. The van der Waals surface area contributed by atoms with Crippen molar-refractivity contribution in [3.63, 3.8) is 0 Å². The highest BCUT2D eigenvalue weighted by Gasteiger charge is 2.17. The summed E-state index contributed by atoms with van der Waals surface area (Å²) in [5, 5.41) is 10.8. The van der Waals surface area contributed by atoms with Crippen LogP contribution in [-0.4, -0.2) is 29.6 Å². The second-order valence-electron chi connectivity index (χ2n) is 3.75. The Kier molecular flexibility index (Phi) is 5.03. The number of hydrogen-bond acceptors (Lipinski definition) is 3. The highest BCUT2D eigenvalue weighted by atomic mass is 19.1. The van der Waals surface area contributed by atoms with E-state index in [2.05, 4.69) is 17.2 Å². The van der Waals surface area contributed by atoms with Gasteiger partial charge in [0.05, 0.1) is 5.56 Å². The van der Waals surface area contributed by atoms with Gasteiger partial charge in [0.15, 0.2) is 0 Å². The van der Waals surface area contributed by atoms with E-state index < -0.39 is 23.7 Å². The summed E-state index contributed by atoms with van der Waals surface area (Å²) in [5.74, 6) is 2.74. The summed E-state index contributed by atoms with van der Waals surface area (Å²) in [6.45, 7) is 1.06. The molecule has 1 atom stereocenters. The van der Waals surface area contributed by atoms with E-state index in [1.165, 1.54) is 19.1 Å². The molecule has 19 heavy (non-hydrogen) atoms. The number of rotatable bonds is 3. The van der Waals surface area contributed by atoms with E-state index in [1.807, 2.05) is 0 Å². The highest BCUT2D eigenvalue weighted by Crippen LogP contribution is 2.10. The molecular formula is C13H13FN2O3. The monoisotopic (exact) mass is 264 g/mol. The third-order valence-electron chi connectivity index (χ3n) is 2.30. The minimum atomic E-state index is -0.904. The summed E-state index contributed by atoms with van der Waals surface area (Å²) in [5.41, 5.74) is 5.14. The van der Waals surface area contributed by atoms with Gasteiger partial charge in [0.1, 0.15) is 18.5 Å². The number of benzene rings is 1. The number of amides is 2. The zero-order valence-electron chi connectivity index (χ0n) is 10.2. The molecule has 1 aromatic rings. The summed E-state index contributed by atoms with van der Waals surface area (Å²) in [7, 11) is 0. The third-order valence-corrected chi connectivity index (χ3v) is 2.30. The van der Waals surface area contributed by atoms with E-state index in [-0.39, 0.29) is 12.2 Å². The van der Waals surface area contributed by atoms with E-state index in [9.17, 15) is 14.0 Å². The fraction of sp³-hybridized carbons (Fsp3) is 0.231. The van der Waals surface area contributed by atoms with Crippen molar-refractivity contribution in [3.8, 4) is 11.8 Å². The van der Waals surface area contributed by atoms with Gasteiger partial charge in [-0.2, -0.15) is 0 Å². The molecule has 1 aromatic carbocycles. The number of carbonyl (C=O) groups is 2. The van der Waals surface area contributed by atoms with Crippen LogP contribution >= 0.6 is 0 Å². The Balaban J connectivity index is 2.98. The summed E-state index contributed by atoms with van der Waals surface area (Å²) in [4.78, 5) is 22.6. The Labute approximate surface area is 109 Å². The lowest BCUT2D eigenvalue weighted by Gasteiger charge is -2.10. The Morgan fingerprint density at radius 1 is 1.53 bits per heavy atom. The summed E-state index contributed by atoms with van der Waals surface area (Å²) >= 11 is 0. The molecule has 0 aliphatic rings. The predicted molar refractivity (Wildman–Crippen MR) is 66.5 cm³/mol. The van der Waals surface area contributed by atoms with Crippen molar-refractivity contribution >= 4 is 11.8 Å². The fourth-order valence-electron chi connectivity index (χ4n) is 1.26. The van der Waals surface area contributed by atoms with Crippen molar-refractivity contribution in [3.05, 3.63) is 35.1 Å². The van der Waals surface area contributed by atoms with E-state index in [1.54, 1.807) is 0 Å². The highest BCUT2D eigenvalue weighted by molar-refractivity contribution is 5.97. The second-order valence-corrected chi connectivity index (χ2v) is 3.75. The molecule has 0 aromatic heterocycles. The van der Waals surface area contributed by atoms with Gasteiger partial charge in [-0.15, -0.1) is 0 Å². The molecular weight excluding hydrogens is 251 g/mol. The Hall–Kier alpha value is -2.39. The van der Waals surface area contributed by atoms with Crippen LogP contribution in [-0.2, 0) is 4.79 Å². The Bertz CT molecular complexity index is 561. The van der Waals surface area contributed by atoms with Crippen LogP contribution in [0.4, 0.5) is 4.39 Å². The molecule has 6 heteroatoms. The second kappa shape index (κ2) is 6.52. The molecule has 1 rings (SSSR count). The van der Waals surface area contributed by atoms with E-state index >= 15 is 0 Å². The lowest BCUT2D eigenvalue weighted by molar-refractivity contribution is -0.119. The number of primary amides is 1. The average molecular weight is 264 g/mol. The Morgan fingerprint density at radius 2 is 2.21 bits per heavy atom. The third kappa shape index (κ3) is 4.08. The number of nitrogens with two attached hydrogens (primary N) is 1. The molecule has 4 N–H and O–H groups in total. The fourth-order valence-corrected chi connectivity index (χ4v) is 1.26. The number of carbonyl (C=O) groups excluding carboxylic acids is 2. The van der Waals surface area contributed by atoms with Gasteiger partial charge in [-0.25, -0.2) is 4.39 Å². The quantitative estimate of drug-likeness (QED) is 0.659. The zero-order valence-corrected chi connectivity index (χ0v) is 10.2. The van der Waals surface area contributed by atoms with Gasteiger partial charge < -0.3 is 16.2 Å². The molecule has 1 unspecified atom stereocenters. The van der Waals surface area contributed by atoms with Crippen molar-refractivity contribution in [2.75, 3.05) is 6.61 Å². The van der Waals surface area contributed by atoms with Crippen molar-refractivity contribution in [2.24, 2.45) is 5.73 Å². The van der Waals surface area contributed by atoms with Crippen LogP contribution < -0.4 is 11.1 Å². The van der Waals surface area contributed by atoms with E-state index in [0.717, 1.165) is 6.07 Å². The van der Waals surface area contributed by atoms with Gasteiger partial charge in [0, 0.05) is 5.56 Å². The minimum Gasteiger partial charge on any atom is -0.384 e. The molecule has 0 spiro atoms. The molecule has 0 saturated carbocycles. The SMILES string of the molecule is CC(NC(=O)c1cc(C#CCO)ccc1F)C(N)=O.